The molecule has 1 unspecified atom stereocenters. The van der Waals surface area contributed by atoms with Crippen LogP contribution in [0.3, 0.4) is 0 Å². The van der Waals surface area contributed by atoms with E-state index in [1.54, 1.807) is 73.9 Å². The number of esters is 1. The quantitative estimate of drug-likeness (QED) is 0.236. The third-order valence-electron chi connectivity index (χ3n) is 6.17. The predicted molar refractivity (Wildman–Crippen MR) is 132 cm³/mol. The van der Waals surface area contributed by atoms with Crippen molar-refractivity contribution in [2.75, 3.05) is 19.8 Å². The van der Waals surface area contributed by atoms with Crippen LogP contribution in [0.25, 0.3) is 5.76 Å². The van der Waals surface area contributed by atoms with Crippen LogP contribution in [0.4, 0.5) is 0 Å². The van der Waals surface area contributed by atoms with E-state index < -0.39 is 23.7 Å². The molecule has 37 heavy (non-hydrogen) atoms. The van der Waals surface area contributed by atoms with E-state index in [2.05, 4.69) is 4.98 Å². The first-order valence-electron chi connectivity index (χ1n) is 11.8. The van der Waals surface area contributed by atoms with Crippen molar-refractivity contribution in [3.63, 3.8) is 0 Å². The maximum atomic E-state index is 13.3. The van der Waals surface area contributed by atoms with Crippen LogP contribution in [-0.4, -0.2) is 52.5 Å². The highest BCUT2D eigenvalue weighted by molar-refractivity contribution is 6.46. The van der Waals surface area contributed by atoms with Gasteiger partial charge in [-0.05, 0) is 54.4 Å². The first-order valence-corrected chi connectivity index (χ1v) is 11.8. The van der Waals surface area contributed by atoms with E-state index >= 15 is 0 Å². The van der Waals surface area contributed by atoms with Gasteiger partial charge in [-0.15, -0.1) is 0 Å². The number of fused-ring (bicyclic) bond motifs is 1. The number of aliphatic hydroxyl groups is 1. The molecular weight excluding hydrogens is 476 g/mol. The summed E-state index contributed by atoms with van der Waals surface area (Å²) in [6, 6.07) is 14.1. The molecule has 3 aromatic rings. The van der Waals surface area contributed by atoms with Crippen molar-refractivity contribution < 1.29 is 33.7 Å². The molecule has 5 rings (SSSR count). The molecule has 0 saturated carbocycles. The molecule has 1 fully saturated rings. The number of amides is 1. The first kappa shape index (κ1) is 24.1. The van der Waals surface area contributed by atoms with E-state index in [1.807, 2.05) is 0 Å². The van der Waals surface area contributed by atoms with Gasteiger partial charge in [-0.1, -0.05) is 18.2 Å². The third-order valence-corrected chi connectivity index (χ3v) is 6.17. The zero-order valence-corrected chi connectivity index (χ0v) is 20.0. The number of nitrogens with zero attached hydrogens (tertiary/aromatic N) is 2. The monoisotopic (exact) mass is 500 g/mol. The molecule has 188 valence electrons. The van der Waals surface area contributed by atoms with Gasteiger partial charge in [0.25, 0.3) is 11.7 Å². The zero-order valence-electron chi connectivity index (χ0n) is 20.0. The van der Waals surface area contributed by atoms with Gasteiger partial charge in [0.1, 0.15) is 19.0 Å². The lowest BCUT2D eigenvalue weighted by molar-refractivity contribution is -0.140. The minimum absolute atomic E-state index is 0.0437. The van der Waals surface area contributed by atoms with Crippen LogP contribution in [0.2, 0.25) is 0 Å². The molecule has 0 radical (unpaired) electrons. The smallest absolute Gasteiger partial charge is 0.338 e. The summed E-state index contributed by atoms with van der Waals surface area (Å²) in [5, 5.41) is 11.3. The van der Waals surface area contributed by atoms with Crippen LogP contribution < -0.4 is 9.47 Å². The maximum absolute atomic E-state index is 13.3. The summed E-state index contributed by atoms with van der Waals surface area (Å²) in [6.45, 7) is 2.86. The number of aliphatic hydroxyl groups excluding tert-OH is 1. The Labute approximate surface area is 212 Å². The van der Waals surface area contributed by atoms with E-state index in [0.29, 0.717) is 47.0 Å². The van der Waals surface area contributed by atoms with Gasteiger partial charge in [0.05, 0.1) is 23.8 Å². The molecule has 1 atom stereocenters. The Morgan fingerprint density at radius 3 is 2.49 bits per heavy atom. The number of carbonyl (C=O) groups is 3. The first-order chi connectivity index (χ1) is 18.0. The van der Waals surface area contributed by atoms with E-state index in [0.717, 1.165) is 0 Å². The fraction of sp³-hybridized carbons (Fsp3) is 0.214. The molecule has 0 aliphatic carbocycles. The minimum atomic E-state index is -0.869. The van der Waals surface area contributed by atoms with E-state index in [1.165, 1.54) is 4.90 Å². The zero-order chi connectivity index (χ0) is 25.9. The number of pyridine rings is 1. The minimum Gasteiger partial charge on any atom is -0.507 e. The number of aromatic nitrogens is 1. The van der Waals surface area contributed by atoms with Gasteiger partial charge in [-0.3, -0.25) is 14.6 Å². The number of Topliss-reactive ketones (excluding diaryl/α,β-unsaturated/α-hetero) is 1. The fourth-order valence-electron chi connectivity index (χ4n) is 4.43. The van der Waals surface area contributed by atoms with E-state index in [4.69, 9.17) is 14.2 Å². The normalized spacial score (nSPS) is 18.1. The summed E-state index contributed by atoms with van der Waals surface area (Å²) < 4.78 is 16.2. The summed E-state index contributed by atoms with van der Waals surface area (Å²) in [5.74, 6) is -1.32. The van der Waals surface area contributed by atoms with Crippen molar-refractivity contribution in [1.82, 2.24) is 9.88 Å². The van der Waals surface area contributed by atoms with Crippen LogP contribution in [0.1, 0.15) is 40.0 Å². The molecule has 2 aliphatic heterocycles. The van der Waals surface area contributed by atoms with Crippen LogP contribution in [0.15, 0.2) is 72.6 Å². The summed E-state index contributed by atoms with van der Waals surface area (Å²) in [5.41, 5.74) is 1.94. The van der Waals surface area contributed by atoms with Gasteiger partial charge in [0, 0.05) is 24.5 Å². The number of ether oxygens (including phenoxy) is 3. The number of carbonyl (C=O) groups excluding carboxylic acids is 3. The summed E-state index contributed by atoms with van der Waals surface area (Å²) in [4.78, 5) is 44.0. The predicted octanol–water partition coefficient (Wildman–Crippen LogP) is 3.65. The summed E-state index contributed by atoms with van der Waals surface area (Å²) >= 11 is 0. The molecule has 9 nitrogen and oxygen atoms in total. The van der Waals surface area contributed by atoms with Gasteiger partial charge >= 0.3 is 5.97 Å². The van der Waals surface area contributed by atoms with E-state index in [9.17, 15) is 19.5 Å². The highest BCUT2D eigenvalue weighted by Gasteiger charge is 2.46. The molecule has 1 aromatic heterocycles. The molecule has 3 heterocycles. The van der Waals surface area contributed by atoms with Crippen molar-refractivity contribution in [2.24, 2.45) is 0 Å². The lowest BCUT2D eigenvalue weighted by atomic mass is 9.96. The SMILES string of the molecule is CCOC(=O)c1ccc(CN2C(=O)C(=O)/C(=C(\O)c3ccc4c(c3)OCCO4)C2c2cccnc2)cc1. The molecule has 0 spiro atoms. The van der Waals surface area contributed by atoms with Crippen molar-refractivity contribution in [3.05, 3.63) is 94.8 Å². The van der Waals surface area contributed by atoms with Crippen LogP contribution in [-0.2, 0) is 20.9 Å². The Bertz CT molecular complexity index is 1380. The number of ketones is 1. The van der Waals surface area contributed by atoms with Crippen molar-refractivity contribution >= 4 is 23.4 Å². The molecule has 1 N–H and O–H groups in total. The second-order valence-electron chi connectivity index (χ2n) is 8.49. The lowest BCUT2D eigenvalue weighted by Crippen LogP contribution is -2.29. The summed E-state index contributed by atoms with van der Waals surface area (Å²) in [7, 11) is 0. The summed E-state index contributed by atoms with van der Waals surface area (Å²) in [6.07, 6.45) is 3.15. The van der Waals surface area contributed by atoms with Crippen molar-refractivity contribution in [1.29, 1.82) is 0 Å². The highest BCUT2D eigenvalue weighted by atomic mass is 16.6. The fourth-order valence-corrected chi connectivity index (χ4v) is 4.43. The molecule has 1 saturated heterocycles. The second kappa shape index (κ2) is 10.1. The highest BCUT2D eigenvalue weighted by Crippen LogP contribution is 2.41. The largest absolute Gasteiger partial charge is 0.507 e. The van der Waals surface area contributed by atoms with Crippen molar-refractivity contribution in [2.45, 2.75) is 19.5 Å². The topological polar surface area (TPSA) is 115 Å². The molecular formula is C28H24N2O7. The number of hydrogen-bond acceptors (Lipinski definition) is 8. The molecule has 2 aliphatic rings. The third kappa shape index (κ3) is 4.63. The van der Waals surface area contributed by atoms with Gasteiger partial charge in [-0.2, -0.15) is 0 Å². The van der Waals surface area contributed by atoms with Crippen LogP contribution in [0.5, 0.6) is 11.5 Å². The Balaban J connectivity index is 1.53. The Kier molecular flexibility index (Phi) is 6.59. The molecule has 1 amide bonds. The van der Waals surface area contributed by atoms with Gasteiger partial charge in [0.2, 0.25) is 0 Å². The standard InChI is InChI=1S/C28H24N2O7/c1-2-35-28(34)18-7-5-17(6-8-18)16-30-24(20-4-3-11-29-15-20)23(26(32)27(30)33)25(31)19-9-10-21-22(14-19)37-13-12-36-21/h3-11,14-15,24,31H,2,12-13,16H2,1H3/b25-23-. The number of rotatable bonds is 6. The Morgan fingerprint density at radius 1 is 1.05 bits per heavy atom. The maximum Gasteiger partial charge on any atom is 0.338 e. The van der Waals surface area contributed by atoms with Crippen LogP contribution in [0, 0.1) is 0 Å². The van der Waals surface area contributed by atoms with Gasteiger partial charge < -0.3 is 24.2 Å². The van der Waals surface area contributed by atoms with Crippen molar-refractivity contribution in [3.8, 4) is 11.5 Å². The number of hydrogen-bond donors (Lipinski definition) is 1. The number of likely N-dealkylation sites (tertiary alicyclic amines) is 1. The number of benzene rings is 2. The van der Waals surface area contributed by atoms with Crippen LogP contribution >= 0.6 is 0 Å². The van der Waals surface area contributed by atoms with Gasteiger partial charge in [0.15, 0.2) is 11.5 Å². The molecule has 0 bridgehead atoms. The lowest BCUT2D eigenvalue weighted by Gasteiger charge is -2.25. The molecule has 2 aromatic carbocycles. The Morgan fingerprint density at radius 2 is 1.78 bits per heavy atom. The van der Waals surface area contributed by atoms with Gasteiger partial charge in [-0.25, -0.2) is 4.79 Å². The second-order valence-corrected chi connectivity index (χ2v) is 8.49. The molecule has 9 heteroatoms. The van der Waals surface area contributed by atoms with E-state index in [-0.39, 0.29) is 24.5 Å². The average molecular weight is 501 g/mol. The average Bonchev–Trinajstić information content (AvgIpc) is 3.18. The Hall–Kier alpha value is -4.66.